The van der Waals surface area contributed by atoms with Crippen molar-refractivity contribution in [3.05, 3.63) is 94.6 Å². The van der Waals surface area contributed by atoms with Gasteiger partial charge >= 0.3 is 0 Å². The van der Waals surface area contributed by atoms with Gasteiger partial charge in [0.05, 0.1) is 35.1 Å². The Balaban J connectivity index is 1.30. The molecule has 0 spiro atoms. The summed E-state index contributed by atoms with van der Waals surface area (Å²) < 4.78 is 14.7. The minimum Gasteiger partial charge on any atom is -0.497 e. The lowest BCUT2D eigenvalue weighted by molar-refractivity contribution is -0.121. The number of hydrogen-bond acceptors (Lipinski definition) is 5. The molecular weight excluding hydrogens is 506 g/mol. The number of nitrogens with zero attached hydrogens (tertiary/aromatic N) is 2. The molecule has 6 rings (SSSR count). The third-order valence-corrected chi connectivity index (χ3v) is 8.11. The fourth-order valence-electron chi connectivity index (χ4n) is 5.44. The van der Waals surface area contributed by atoms with Gasteiger partial charge in [-0.1, -0.05) is 18.2 Å². The first kappa shape index (κ1) is 25.2. The monoisotopic (exact) mass is 537 g/mol. The molecule has 2 heterocycles. The first-order valence-electron chi connectivity index (χ1n) is 13.4. The van der Waals surface area contributed by atoms with E-state index in [2.05, 4.69) is 51.3 Å². The molecule has 0 unspecified atom stereocenters. The molecule has 6 nitrogen and oxygen atoms in total. The number of thiazole rings is 1. The van der Waals surface area contributed by atoms with Crippen LogP contribution in [0.25, 0.3) is 27.2 Å². The number of carbonyl (C=O) groups is 1. The molecule has 3 aromatic carbocycles. The summed E-state index contributed by atoms with van der Waals surface area (Å²) in [6.07, 6.45) is 2.96. The third-order valence-electron chi connectivity index (χ3n) is 7.32. The van der Waals surface area contributed by atoms with Gasteiger partial charge in [0.15, 0.2) is 0 Å². The predicted molar refractivity (Wildman–Crippen MR) is 156 cm³/mol. The van der Waals surface area contributed by atoms with E-state index in [1.807, 2.05) is 42.8 Å². The van der Waals surface area contributed by atoms with E-state index in [9.17, 15) is 4.79 Å². The average molecular weight is 538 g/mol. The number of fused-ring (bicyclic) bond motifs is 4. The number of aryl methyl sites for hydroxylation is 3. The zero-order valence-corrected chi connectivity index (χ0v) is 23.0. The van der Waals surface area contributed by atoms with Crippen LogP contribution in [0.2, 0.25) is 0 Å². The van der Waals surface area contributed by atoms with E-state index < -0.39 is 0 Å². The Morgan fingerprint density at radius 1 is 1.05 bits per heavy atom. The van der Waals surface area contributed by atoms with Gasteiger partial charge in [-0.2, -0.15) is 0 Å². The molecule has 1 amide bonds. The Hall–Kier alpha value is -4.10. The first-order valence-corrected chi connectivity index (χ1v) is 14.2. The molecule has 5 aromatic rings. The zero-order valence-electron chi connectivity index (χ0n) is 22.2. The standard InChI is InChI=1S/C32H31N3O3S/c1-3-38-29-7-5-4-6-23(29)19-33-31(36)15-11-24-16-22-9-8-21-17-26(37-2)12-13-27(21)32(22)35(24)25-10-14-28-30(18-25)39-20-34-28/h4-7,10,12-14,16-18,20H,3,8-9,11,15,19H2,1-2H3,(H,33,36). The number of rotatable bonds is 9. The lowest BCUT2D eigenvalue weighted by atomic mass is 9.90. The van der Waals surface area contributed by atoms with Crippen LogP contribution in [0, 0.1) is 0 Å². The topological polar surface area (TPSA) is 65.4 Å². The SMILES string of the molecule is CCOc1ccccc1CNC(=O)CCc1cc2c(n1-c1ccc3ncsc3c1)-c1ccc(OC)cc1CC2. The maximum Gasteiger partial charge on any atom is 0.220 e. The lowest BCUT2D eigenvalue weighted by Gasteiger charge is -2.21. The van der Waals surface area contributed by atoms with Gasteiger partial charge in [-0.05, 0) is 85.8 Å². The highest BCUT2D eigenvalue weighted by Gasteiger charge is 2.25. The van der Waals surface area contributed by atoms with E-state index in [1.165, 1.54) is 22.4 Å². The van der Waals surface area contributed by atoms with Crippen LogP contribution < -0.4 is 14.8 Å². The molecule has 198 valence electrons. The van der Waals surface area contributed by atoms with Crippen LogP contribution in [-0.4, -0.2) is 29.2 Å². The van der Waals surface area contributed by atoms with Crippen LogP contribution in [0.1, 0.15) is 35.7 Å². The molecule has 0 aliphatic heterocycles. The van der Waals surface area contributed by atoms with Crippen LogP contribution in [0.5, 0.6) is 11.5 Å². The third kappa shape index (κ3) is 5.02. The molecule has 0 atom stereocenters. The van der Waals surface area contributed by atoms with Gasteiger partial charge in [-0.3, -0.25) is 4.79 Å². The number of methoxy groups -OCH3 is 1. The van der Waals surface area contributed by atoms with Gasteiger partial charge in [-0.25, -0.2) is 4.98 Å². The molecule has 39 heavy (non-hydrogen) atoms. The molecule has 7 heteroatoms. The molecule has 0 saturated heterocycles. The highest BCUT2D eigenvalue weighted by molar-refractivity contribution is 7.16. The number of nitrogens with one attached hydrogen (secondary N) is 1. The summed E-state index contributed by atoms with van der Waals surface area (Å²) in [5, 5.41) is 3.09. The number of benzene rings is 3. The summed E-state index contributed by atoms with van der Waals surface area (Å²) in [6.45, 7) is 3.01. The van der Waals surface area contributed by atoms with Crippen molar-refractivity contribution in [2.24, 2.45) is 0 Å². The van der Waals surface area contributed by atoms with Gasteiger partial charge in [-0.15, -0.1) is 11.3 Å². The van der Waals surface area contributed by atoms with Crippen molar-refractivity contribution in [2.45, 2.75) is 39.2 Å². The Morgan fingerprint density at radius 3 is 2.79 bits per heavy atom. The van der Waals surface area contributed by atoms with Crippen molar-refractivity contribution in [3.63, 3.8) is 0 Å². The molecule has 0 radical (unpaired) electrons. The number of amides is 1. The van der Waals surface area contributed by atoms with Crippen LogP contribution in [0.3, 0.4) is 0 Å². The Kier molecular flexibility index (Phi) is 7.07. The summed E-state index contributed by atoms with van der Waals surface area (Å²) in [5.74, 6) is 1.72. The summed E-state index contributed by atoms with van der Waals surface area (Å²) in [5.41, 5.74) is 11.1. The number of aromatic nitrogens is 2. The van der Waals surface area contributed by atoms with Gasteiger partial charge < -0.3 is 19.4 Å². The largest absolute Gasteiger partial charge is 0.497 e. The fraction of sp³-hybridized carbons (Fsp3) is 0.250. The van der Waals surface area contributed by atoms with Gasteiger partial charge in [0.1, 0.15) is 11.5 Å². The number of ether oxygens (including phenoxy) is 2. The van der Waals surface area contributed by atoms with Gasteiger partial charge in [0.25, 0.3) is 0 Å². The van der Waals surface area contributed by atoms with Crippen molar-refractivity contribution in [3.8, 4) is 28.4 Å². The minimum atomic E-state index is 0.0232. The number of carbonyl (C=O) groups excluding carboxylic acids is 1. The van der Waals surface area contributed by atoms with E-state index in [1.54, 1.807) is 18.4 Å². The highest BCUT2D eigenvalue weighted by Crippen LogP contribution is 2.40. The first-order chi connectivity index (χ1) is 19.1. The molecule has 1 aliphatic rings. The number of para-hydroxylation sites is 1. The van der Waals surface area contributed by atoms with Crippen LogP contribution in [0.15, 0.2) is 72.2 Å². The van der Waals surface area contributed by atoms with E-state index >= 15 is 0 Å². The smallest absolute Gasteiger partial charge is 0.220 e. The van der Waals surface area contributed by atoms with E-state index in [0.717, 1.165) is 51.5 Å². The van der Waals surface area contributed by atoms with E-state index in [0.29, 0.717) is 26.0 Å². The Labute approximate surface area is 232 Å². The van der Waals surface area contributed by atoms with Crippen molar-refractivity contribution in [1.82, 2.24) is 14.9 Å². The van der Waals surface area contributed by atoms with Gasteiger partial charge in [0.2, 0.25) is 5.91 Å². The number of hydrogen-bond donors (Lipinski definition) is 1. The zero-order chi connectivity index (χ0) is 26.8. The maximum absolute atomic E-state index is 13.0. The van der Waals surface area contributed by atoms with Crippen LogP contribution in [-0.2, 0) is 30.6 Å². The highest BCUT2D eigenvalue weighted by atomic mass is 32.1. The average Bonchev–Trinajstić information content (AvgIpc) is 3.59. The predicted octanol–water partition coefficient (Wildman–Crippen LogP) is 6.51. The van der Waals surface area contributed by atoms with Crippen molar-refractivity contribution < 1.29 is 14.3 Å². The summed E-state index contributed by atoms with van der Waals surface area (Å²) in [6, 6.07) is 22.9. The van der Waals surface area contributed by atoms with Crippen LogP contribution in [0.4, 0.5) is 0 Å². The van der Waals surface area contributed by atoms with Crippen LogP contribution >= 0.6 is 11.3 Å². The van der Waals surface area contributed by atoms with Crippen molar-refractivity contribution in [1.29, 1.82) is 0 Å². The molecule has 0 fully saturated rings. The van der Waals surface area contributed by atoms with E-state index in [-0.39, 0.29) is 5.91 Å². The Morgan fingerprint density at radius 2 is 1.92 bits per heavy atom. The molecular formula is C32H31N3O3S. The second-order valence-corrected chi connectivity index (χ2v) is 10.6. The second-order valence-electron chi connectivity index (χ2n) is 9.69. The molecule has 0 bridgehead atoms. The summed E-state index contributed by atoms with van der Waals surface area (Å²) >= 11 is 1.64. The maximum atomic E-state index is 13.0. The summed E-state index contributed by atoms with van der Waals surface area (Å²) in [7, 11) is 1.71. The Bertz CT molecular complexity index is 1650. The fourth-order valence-corrected chi connectivity index (χ4v) is 6.15. The van der Waals surface area contributed by atoms with Gasteiger partial charge in [0, 0.05) is 35.5 Å². The summed E-state index contributed by atoms with van der Waals surface area (Å²) in [4.78, 5) is 17.4. The second kappa shape index (κ2) is 10.9. The van der Waals surface area contributed by atoms with E-state index in [4.69, 9.17) is 9.47 Å². The lowest BCUT2D eigenvalue weighted by Crippen LogP contribution is -2.23. The van der Waals surface area contributed by atoms with Crippen molar-refractivity contribution >= 4 is 27.5 Å². The normalized spacial score (nSPS) is 12.2. The molecule has 0 saturated carbocycles. The quantitative estimate of drug-likeness (QED) is 0.233. The molecule has 2 aromatic heterocycles. The molecule has 1 N–H and O–H groups in total. The molecule has 1 aliphatic carbocycles. The van der Waals surface area contributed by atoms with Crippen molar-refractivity contribution in [2.75, 3.05) is 13.7 Å². The minimum absolute atomic E-state index is 0.0232.